The molecule has 5 nitrogen and oxygen atoms in total. The Morgan fingerprint density at radius 3 is 2.78 bits per heavy atom. The van der Waals surface area contributed by atoms with Crippen LogP contribution in [0.15, 0.2) is 6.20 Å². The van der Waals surface area contributed by atoms with E-state index in [1.54, 1.807) is 4.68 Å². The molecule has 1 aromatic rings. The van der Waals surface area contributed by atoms with Crippen molar-refractivity contribution in [3.8, 4) is 0 Å². The van der Waals surface area contributed by atoms with Gasteiger partial charge in [-0.2, -0.15) is 5.10 Å². The van der Waals surface area contributed by atoms with Crippen LogP contribution in [0.1, 0.15) is 44.7 Å². The molecular weight excluding hydrogens is 228 g/mol. The molecule has 0 atom stereocenters. The minimum atomic E-state index is 0.0745. The quantitative estimate of drug-likeness (QED) is 0.693. The molecule has 5 heteroatoms. The third-order valence-corrected chi connectivity index (χ3v) is 2.87. The molecule has 3 N–H and O–H groups in total. The first-order valence-electron chi connectivity index (χ1n) is 6.69. The lowest BCUT2D eigenvalue weighted by molar-refractivity contribution is -0.116. The zero-order chi connectivity index (χ0) is 13.4. The lowest BCUT2D eigenvalue weighted by atomic mass is 10.1. The molecule has 0 aromatic carbocycles. The number of nitrogens with zero attached hydrogens (tertiary/aromatic N) is 2. The van der Waals surface area contributed by atoms with E-state index in [0.29, 0.717) is 6.42 Å². The number of carbonyl (C=O) groups excluding carboxylic acids is 1. The minimum absolute atomic E-state index is 0.0745. The summed E-state index contributed by atoms with van der Waals surface area (Å²) in [6.07, 6.45) is 7.40. The highest BCUT2D eigenvalue weighted by atomic mass is 16.1. The summed E-state index contributed by atoms with van der Waals surface area (Å²) in [4.78, 5) is 11.7. The maximum absolute atomic E-state index is 11.7. The van der Waals surface area contributed by atoms with Gasteiger partial charge in [-0.25, -0.2) is 0 Å². The standard InChI is InChI=1S/C13H24N4O/c1-3-11-12(10-17(2)16-11)15-13(18)8-6-4-5-7-9-14/h10H,3-9,14H2,1-2H3,(H,15,18). The van der Waals surface area contributed by atoms with Gasteiger partial charge in [-0.15, -0.1) is 0 Å². The van der Waals surface area contributed by atoms with Crippen molar-refractivity contribution >= 4 is 11.6 Å². The number of nitrogens with one attached hydrogen (secondary N) is 1. The average Bonchev–Trinajstić information content (AvgIpc) is 2.69. The van der Waals surface area contributed by atoms with Crippen LogP contribution in [0.25, 0.3) is 0 Å². The van der Waals surface area contributed by atoms with Crippen LogP contribution in [0.2, 0.25) is 0 Å². The molecule has 1 heterocycles. The Morgan fingerprint density at radius 1 is 1.39 bits per heavy atom. The van der Waals surface area contributed by atoms with Crippen LogP contribution in [0.4, 0.5) is 5.69 Å². The van der Waals surface area contributed by atoms with Crippen LogP contribution in [0, 0.1) is 0 Å². The Hall–Kier alpha value is -1.36. The van der Waals surface area contributed by atoms with Crippen molar-refractivity contribution in [1.29, 1.82) is 0 Å². The highest BCUT2D eigenvalue weighted by molar-refractivity contribution is 5.91. The van der Waals surface area contributed by atoms with Crippen molar-refractivity contribution in [2.24, 2.45) is 12.8 Å². The highest BCUT2D eigenvalue weighted by Crippen LogP contribution is 2.14. The van der Waals surface area contributed by atoms with E-state index < -0.39 is 0 Å². The monoisotopic (exact) mass is 252 g/mol. The summed E-state index contributed by atoms with van der Waals surface area (Å²) < 4.78 is 1.73. The predicted molar refractivity (Wildman–Crippen MR) is 73.4 cm³/mol. The summed E-state index contributed by atoms with van der Waals surface area (Å²) in [6.45, 7) is 2.77. The van der Waals surface area contributed by atoms with Gasteiger partial charge in [0.2, 0.25) is 5.91 Å². The molecule has 0 saturated carbocycles. The molecule has 1 amide bonds. The first kappa shape index (κ1) is 14.7. The van der Waals surface area contributed by atoms with Gasteiger partial charge in [-0.1, -0.05) is 19.8 Å². The maximum atomic E-state index is 11.7. The summed E-state index contributed by atoms with van der Waals surface area (Å²) in [5.41, 5.74) is 7.20. The molecule has 0 fully saturated rings. The fourth-order valence-corrected chi connectivity index (χ4v) is 1.90. The summed E-state index contributed by atoms with van der Waals surface area (Å²) >= 11 is 0. The Morgan fingerprint density at radius 2 is 2.11 bits per heavy atom. The summed E-state index contributed by atoms with van der Waals surface area (Å²) in [5.74, 6) is 0.0745. The fraction of sp³-hybridized carbons (Fsp3) is 0.692. The van der Waals surface area contributed by atoms with Crippen LogP contribution < -0.4 is 11.1 Å². The van der Waals surface area contributed by atoms with Crippen molar-refractivity contribution in [3.05, 3.63) is 11.9 Å². The van der Waals surface area contributed by atoms with E-state index in [1.165, 1.54) is 0 Å². The van der Waals surface area contributed by atoms with E-state index in [-0.39, 0.29) is 5.91 Å². The van der Waals surface area contributed by atoms with Gasteiger partial charge in [-0.05, 0) is 25.8 Å². The number of carbonyl (C=O) groups is 1. The lowest BCUT2D eigenvalue weighted by Gasteiger charge is -2.04. The van der Waals surface area contributed by atoms with Crippen molar-refractivity contribution in [3.63, 3.8) is 0 Å². The SMILES string of the molecule is CCc1nn(C)cc1NC(=O)CCCCCCN. The molecule has 0 bridgehead atoms. The molecule has 0 aliphatic rings. The van der Waals surface area contributed by atoms with E-state index in [4.69, 9.17) is 5.73 Å². The Kier molecular flexibility index (Phi) is 6.43. The van der Waals surface area contributed by atoms with Crippen molar-refractivity contribution in [2.75, 3.05) is 11.9 Å². The van der Waals surface area contributed by atoms with Gasteiger partial charge < -0.3 is 11.1 Å². The van der Waals surface area contributed by atoms with Crippen LogP contribution >= 0.6 is 0 Å². The summed E-state index contributed by atoms with van der Waals surface area (Å²) in [6, 6.07) is 0. The van der Waals surface area contributed by atoms with E-state index in [2.05, 4.69) is 10.4 Å². The second-order valence-corrected chi connectivity index (χ2v) is 4.52. The lowest BCUT2D eigenvalue weighted by Crippen LogP contribution is -2.11. The average molecular weight is 252 g/mol. The van der Waals surface area contributed by atoms with Gasteiger partial charge in [0.1, 0.15) is 0 Å². The van der Waals surface area contributed by atoms with E-state index in [9.17, 15) is 4.79 Å². The molecule has 0 unspecified atom stereocenters. The summed E-state index contributed by atoms with van der Waals surface area (Å²) in [7, 11) is 1.86. The first-order chi connectivity index (χ1) is 8.67. The van der Waals surface area contributed by atoms with Gasteiger partial charge in [-0.3, -0.25) is 9.48 Å². The Balaban J connectivity index is 2.31. The molecule has 0 radical (unpaired) electrons. The molecule has 102 valence electrons. The smallest absolute Gasteiger partial charge is 0.224 e. The molecule has 0 spiro atoms. The maximum Gasteiger partial charge on any atom is 0.224 e. The third kappa shape index (κ3) is 4.87. The number of amides is 1. The number of anilines is 1. The number of hydrogen-bond donors (Lipinski definition) is 2. The molecule has 1 aromatic heterocycles. The van der Waals surface area contributed by atoms with Crippen molar-refractivity contribution in [2.45, 2.75) is 45.4 Å². The molecule has 18 heavy (non-hydrogen) atoms. The number of nitrogens with two attached hydrogens (primary N) is 1. The van der Waals surface area contributed by atoms with E-state index in [0.717, 1.165) is 50.0 Å². The molecule has 0 saturated heterocycles. The Labute approximate surface area is 109 Å². The largest absolute Gasteiger partial charge is 0.330 e. The van der Waals surface area contributed by atoms with E-state index >= 15 is 0 Å². The van der Waals surface area contributed by atoms with Crippen LogP contribution in [0.3, 0.4) is 0 Å². The fourth-order valence-electron chi connectivity index (χ4n) is 1.90. The second kappa shape index (κ2) is 7.87. The zero-order valence-corrected chi connectivity index (χ0v) is 11.4. The zero-order valence-electron chi connectivity index (χ0n) is 11.4. The van der Waals surface area contributed by atoms with Crippen LogP contribution in [-0.4, -0.2) is 22.2 Å². The summed E-state index contributed by atoms with van der Waals surface area (Å²) in [5, 5.41) is 7.22. The van der Waals surface area contributed by atoms with Gasteiger partial charge in [0, 0.05) is 19.7 Å². The van der Waals surface area contributed by atoms with Crippen LogP contribution in [-0.2, 0) is 18.3 Å². The number of hydrogen-bond acceptors (Lipinski definition) is 3. The molecular formula is C13H24N4O. The normalized spacial score (nSPS) is 10.6. The number of aromatic nitrogens is 2. The first-order valence-corrected chi connectivity index (χ1v) is 6.69. The van der Waals surface area contributed by atoms with Crippen LogP contribution in [0.5, 0.6) is 0 Å². The number of aryl methyl sites for hydroxylation is 2. The Bertz CT molecular complexity index is 373. The van der Waals surface area contributed by atoms with Gasteiger partial charge >= 0.3 is 0 Å². The number of rotatable bonds is 8. The predicted octanol–water partition coefficient (Wildman–Crippen LogP) is 1.83. The highest BCUT2D eigenvalue weighted by Gasteiger charge is 2.09. The molecule has 1 rings (SSSR count). The minimum Gasteiger partial charge on any atom is -0.330 e. The van der Waals surface area contributed by atoms with Crippen molar-refractivity contribution in [1.82, 2.24) is 9.78 Å². The van der Waals surface area contributed by atoms with Gasteiger partial charge in [0.15, 0.2) is 0 Å². The van der Waals surface area contributed by atoms with Gasteiger partial charge in [0.25, 0.3) is 0 Å². The second-order valence-electron chi connectivity index (χ2n) is 4.52. The third-order valence-electron chi connectivity index (χ3n) is 2.87. The topological polar surface area (TPSA) is 72.9 Å². The number of unbranched alkanes of at least 4 members (excludes halogenated alkanes) is 3. The van der Waals surface area contributed by atoms with E-state index in [1.807, 2.05) is 20.2 Å². The van der Waals surface area contributed by atoms with Crippen molar-refractivity contribution < 1.29 is 4.79 Å². The molecule has 0 aliphatic heterocycles. The van der Waals surface area contributed by atoms with Gasteiger partial charge in [0.05, 0.1) is 11.4 Å². The molecule has 0 aliphatic carbocycles.